The van der Waals surface area contributed by atoms with Crippen LogP contribution in [-0.4, -0.2) is 21.8 Å². The van der Waals surface area contributed by atoms with E-state index >= 15 is 0 Å². The molecule has 3 aromatic rings. The molecule has 2 heterocycles. The van der Waals surface area contributed by atoms with Crippen LogP contribution < -0.4 is 10.6 Å². The fourth-order valence-electron chi connectivity index (χ4n) is 2.30. The van der Waals surface area contributed by atoms with Crippen LogP contribution in [0.4, 0.5) is 11.4 Å². The molecular weight excluding hydrogens is 416 g/mol. The molecule has 0 saturated heterocycles. The number of nitrogens with zero attached hydrogens (tertiary/aromatic N) is 2. The van der Waals surface area contributed by atoms with E-state index in [9.17, 15) is 9.59 Å². The van der Waals surface area contributed by atoms with Crippen LogP contribution in [0.25, 0.3) is 10.7 Å². The molecule has 2 amide bonds. The summed E-state index contributed by atoms with van der Waals surface area (Å²) in [6, 6.07) is 10.8. The van der Waals surface area contributed by atoms with Crippen LogP contribution in [0.3, 0.4) is 0 Å². The molecule has 0 radical (unpaired) electrons. The number of hydrogen-bond donors (Lipinski definition) is 2. The molecule has 0 aliphatic carbocycles. The molecule has 0 aliphatic heterocycles. The third-order valence-corrected chi connectivity index (χ3v) is 5.10. The van der Waals surface area contributed by atoms with Gasteiger partial charge in [-0.1, -0.05) is 22.0 Å². The van der Waals surface area contributed by atoms with Crippen molar-refractivity contribution in [3.05, 3.63) is 57.6 Å². The standard InChI is InChI=1S/C18H15BrN4O2S/c1-10-16(26-18(21-10)14-5-3-4-8-20-14)17(25)23-15-9-12(19)6-7-13(15)22-11(2)24/h3-9H,1-2H3,(H,22,24)(H,23,25). The zero-order valence-corrected chi connectivity index (χ0v) is 16.4. The van der Waals surface area contributed by atoms with Crippen LogP contribution >= 0.6 is 27.3 Å². The van der Waals surface area contributed by atoms with Gasteiger partial charge in [-0.15, -0.1) is 11.3 Å². The molecule has 0 unspecified atom stereocenters. The first-order valence-electron chi connectivity index (χ1n) is 7.71. The van der Waals surface area contributed by atoms with Crippen molar-refractivity contribution >= 4 is 50.5 Å². The number of pyridine rings is 1. The number of aromatic nitrogens is 2. The second-order valence-electron chi connectivity index (χ2n) is 5.47. The average Bonchev–Trinajstić information content (AvgIpc) is 3.00. The lowest BCUT2D eigenvalue weighted by atomic mass is 10.2. The maximum atomic E-state index is 12.7. The average molecular weight is 431 g/mol. The van der Waals surface area contributed by atoms with Crippen molar-refractivity contribution in [2.24, 2.45) is 0 Å². The Kier molecular flexibility index (Phi) is 5.43. The first-order valence-corrected chi connectivity index (χ1v) is 9.32. The van der Waals surface area contributed by atoms with Gasteiger partial charge in [-0.3, -0.25) is 14.6 Å². The summed E-state index contributed by atoms with van der Waals surface area (Å²) < 4.78 is 0.789. The number of anilines is 2. The topological polar surface area (TPSA) is 84.0 Å². The number of aryl methyl sites for hydroxylation is 1. The number of nitrogens with one attached hydrogen (secondary N) is 2. The molecule has 1 aromatic carbocycles. The Morgan fingerprint density at radius 1 is 1.12 bits per heavy atom. The lowest BCUT2D eigenvalue weighted by Crippen LogP contribution is -2.15. The molecular formula is C18H15BrN4O2S. The van der Waals surface area contributed by atoms with Gasteiger partial charge < -0.3 is 10.6 Å². The van der Waals surface area contributed by atoms with Crippen LogP contribution in [0, 0.1) is 6.92 Å². The van der Waals surface area contributed by atoms with Crippen molar-refractivity contribution < 1.29 is 9.59 Å². The minimum absolute atomic E-state index is 0.214. The van der Waals surface area contributed by atoms with Gasteiger partial charge in [0.1, 0.15) is 9.88 Å². The summed E-state index contributed by atoms with van der Waals surface area (Å²) in [7, 11) is 0. The molecule has 26 heavy (non-hydrogen) atoms. The third-order valence-electron chi connectivity index (χ3n) is 3.43. The van der Waals surface area contributed by atoms with E-state index in [1.165, 1.54) is 18.3 Å². The SMILES string of the molecule is CC(=O)Nc1ccc(Br)cc1NC(=O)c1sc(-c2ccccn2)nc1C. The fraction of sp³-hybridized carbons (Fsp3) is 0.111. The predicted molar refractivity (Wildman–Crippen MR) is 106 cm³/mol. The zero-order chi connectivity index (χ0) is 18.7. The first-order chi connectivity index (χ1) is 12.4. The highest BCUT2D eigenvalue weighted by Gasteiger charge is 2.18. The number of thiazole rings is 1. The molecule has 0 aliphatic rings. The molecule has 6 nitrogen and oxygen atoms in total. The molecule has 132 valence electrons. The maximum absolute atomic E-state index is 12.7. The van der Waals surface area contributed by atoms with Gasteiger partial charge in [0.25, 0.3) is 5.91 Å². The van der Waals surface area contributed by atoms with Crippen LogP contribution in [0.15, 0.2) is 47.1 Å². The molecule has 0 saturated carbocycles. The minimum Gasteiger partial charge on any atom is -0.325 e. The van der Waals surface area contributed by atoms with Gasteiger partial charge in [-0.2, -0.15) is 0 Å². The number of carbonyl (C=O) groups excluding carboxylic acids is 2. The summed E-state index contributed by atoms with van der Waals surface area (Å²) in [5.74, 6) is -0.499. The van der Waals surface area contributed by atoms with Crippen molar-refractivity contribution in [3.8, 4) is 10.7 Å². The second-order valence-corrected chi connectivity index (χ2v) is 7.39. The Morgan fingerprint density at radius 3 is 2.62 bits per heavy atom. The van der Waals surface area contributed by atoms with E-state index in [1.807, 2.05) is 18.2 Å². The fourth-order valence-corrected chi connectivity index (χ4v) is 3.60. The molecule has 2 N–H and O–H groups in total. The van der Waals surface area contributed by atoms with Gasteiger partial charge in [-0.25, -0.2) is 4.98 Å². The summed E-state index contributed by atoms with van der Waals surface area (Å²) >= 11 is 4.66. The lowest BCUT2D eigenvalue weighted by molar-refractivity contribution is -0.114. The van der Waals surface area contributed by atoms with Gasteiger partial charge in [0.2, 0.25) is 5.91 Å². The number of benzene rings is 1. The van der Waals surface area contributed by atoms with Gasteiger partial charge >= 0.3 is 0 Å². The van der Waals surface area contributed by atoms with Crippen molar-refractivity contribution in [3.63, 3.8) is 0 Å². The molecule has 3 rings (SSSR count). The van der Waals surface area contributed by atoms with Gasteiger partial charge in [0.05, 0.1) is 22.8 Å². The van der Waals surface area contributed by atoms with Crippen molar-refractivity contribution in [1.82, 2.24) is 9.97 Å². The molecule has 0 bridgehead atoms. The van der Waals surface area contributed by atoms with Crippen LogP contribution in [0.2, 0.25) is 0 Å². The highest BCUT2D eigenvalue weighted by Crippen LogP contribution is 2.30. The first kappa shape index (κ1) is 18.2. The summed E-state index contributed by atoms with van der Waals surface area (Å²) in [6.07, 6.45) is 1.69. The maximum Gasteiger partial charge on any atom is 0.267 e. The summed E-state index contributed by atoms with van der Waals surface area (Å²) in [5.41, 5.74) is 2.39. The van der Waals surface area contributed by atoms with E-state index in [4.69, 9.17) is 0 Å². The Hall–Kier alpha value is -2.58. The smallest absolute Gasteiger partial charge is 0.267 e. The largest absolute Gasteiger partial charge is 0.325 e. The van der Waals surface area contributed by atoms with Gasteiger partial charge in [0.15, 0.2) is 0 Å². The molecule has 0 fully saturated rings. The molecule has 0 atom stereocenters. The lowest BCUT2D eigenvalue weighted by Gasteiger charge is -2.11. The van der Waals surface area contributed by atoms with Crippen molar-refractivity contribution in [2.45, 2.75) is 13.8 Å². The van der Waals surface area contributed by atoms with E-state index in [0.29, 0.717) is 27.0 Å². The quantitative estimate of drug-likeness (QED) is 0.638. The van der Waals surface area contributed by atoms with E-state index in [0.717, 1.165) is 10.2 Å². The summed E-state index contributed by atoms with van der Waals surface area (Å²) in [5, 5.41) is 6.24. The zero-order valence-electron chi connectivity index (χ0n) is 14.0. The second kappa shape index (κ2) is 7.76. The molecule has 2 aromatic heterocycles. The van der Waals surface area contributed by atoms with Crippen LogP contribution in [0.1, 0.15) is 22.3 Å². The Balaban J connectivity index is 1.88. The van der Waals surface area contributed by atoms with Gasteiger partial charge in [-0.05, 0) is 37.3 Å². The molecule has 0 spiro atoms. The number of halogens is 1. The Bertz CT molecular complexity index is 973. The Labute approximate surface area is 162 Å². The minimum atomic E-state index is -0.285. The van der Waals surface area contributed by atoms with Gasteiger partial charge in [0, 0.05) is 17.6 Å². The third kappa shape index (κ3) is 4.14. The van der Waals surface area contributed by atoms with E-state index in [1.54, 1.807) is 31.3 Å². The summed E-state index contributed by atoms with van der Waals surface area (Å²) in [6.45, 7) is 3.20. The monoisotopic (exact) mass is 430 g/mol. The van der Waals surface area contributed by atoms with Crippen LogP contribution in [-0.2, 0) is 4.79 Å². The number of rotatable bonds is 4. The highest BCUT2D eigenvalue weighted by atomic mass is 79.9. The van der Waals surface area contributed by atoms with E-state index in [2.05, 4.69) is 36.5 Å². The summed E-state index contributed by atoms with van der Waals surface area (Å²) in [4.78, 5) is 33.3. The number of carbonyl (C=O) groups is 2. The predicted octanol–water partition coefficient (Wildman–Crippen LogP) is 4.49. The van der Waals surface area contributed by atoms with E-state index in [-0.39, 0.29) is 11.8 Å². The molecule has 8 heteroatoms. The number of amides is 2. The highest BCUT2D eigenvalue weighted by molar-refractivity contribution is 9.10. The van der Waals surface area contributed by atoms with Crippen molar-refractivity contribution in [2.75, 3.05) is 10.6 Å². The van der Waals surface area contributed by atoms with Crippen LogP contribution in [0.5, 0.6) is 0 Å². The number of hydrogen-bond acceptors (Lipinski definition) is 5. The van der Waals surface area contributed by atoms with E-state index < -0.39 is 0 Å². The normalized spacial score (nSPS) is 10.4. The Morgan fingerprint density at radius 2 is 1.92 bits per heavy atom. The van der Waals surface area contributed by atoms with Crippen molar-refractivity contribution in [1.29, 1.82) is 0 Å².